The Balaban J connectivity index is 2.06. The van der Waals surface area contributed by atoms with Crippen LogP contribution in [0.5, 0.6) is 0 Å². The Morgan fingerprint density at radius 1 is 1.59 bits per heavy atom. The van der Waals surface area contributed by atoms with Crippen LogP contribution in [-0.4, -0.2) is 27.7 Å². The van der Waals surface area contributed by atoms with Crippen molar-refractivity contribution in [3.63, 3.8) is 0 Å². The molecular weight excluding hydrogens is 216 g/mol. The fourth-order valence-corrected chi connectivity index (χ4v) is 1.97. The Hall–Kier alpha value is -1.29. The number of carbonyl (C=O) groups is 1. The Morgan fingerprint density at radius 3 is 2.88 bits per heavy atom. The van der Waals surface area contributed by atoms with E-state index in [2.05, 4.69) is 5.32 Å². The average molecular weight is 236 g/mol. The minimum absolute atomic E-state index is 0.0552. The Bertz CT molecular complexity index is 405. The quantitative estimate of drug-likeness (QED) is 0.817. The van der Waals surface area contributed by atoms with E-state index in [0.29, 0.717) is 12.5 Å². The number of hydrogen-bond acceptors (Lipinski definition) is 2. The van der Waals surface area contributed by atoms with Crippen LogP contribution in [0.3, 0.4) is 0 Å². The van der Waals surface area contributed by atoms with Gasteiger partial charge in [-0.05, 0) is 45.2 Å². The molecule has 1 saturated carbocycles. The lowest BCUT2D eigenvalue weighted by atomic mass is 10.0. The summed E-state index contributed by atoms with van der Waals surface area (Å²) in [6.07, 6.45) is 4.85. The van der Waals surface area contributed by atoms with Gasteiger partial charge in [0.15, 0.2) is 0 Å². The Morgan fingerprint density at radius 2 is 2.29 bits per heavy atom. The molecule has 0 bridgehead atoms. The normalized spacial score (nSPS) is 15.9. The van der Waals surface area contributed by atoms with E-state index in [0.717, 1.165) is 18.5 Å². The number of aliphatic hydroxyl groups is 1. The van der Waals surface area contributed by atoms with E-state index in [9.17, 15) is 4.79 Å². The van der Waals surface area contributed by atoms with Crippen LogP contribution in [0.2, 0.25) is 0 Å². The maximum Gasteiger partial charge on any atom is 0.268 e. The summed E-state index contributed by atoms with van der Waals surface area (Å²) in [5, 5.41) is 11.9. The molecule has 1 heterocycles. The Kier molecular flexibility index (Phi) is 3.24. The van der Waals surface area contributed by atoms with Crippen LogP contribution in [0.15, 0.2) is 18.3 Å². The molecule has 0 radical (unpaired) electrons. The number of carbonyl (C=O) groups excluding carboxylic acids is 1. The van der Waals surface area contributed by atoms with Crippen molar-refractivity contribution in [1.29, 1.82) is 0 Å². The molecule has 1 aliphatic carbocycles. The van der Waals surface area contributed by atoms with Gasteiger partial charge in [-0.3, -0.25) is 4.79 Å². The molecule has 1 aliphatic rings. The number of nitrogens with one attached hydrogen (secondary N) is 1. The number of aromatic nitrogens is 1. The second kappa shape index (κ2) is 4.53. The second-order valence-corrected chi connectivity index (χ2v) is 5.34. The van der Waals surface area contributed by atoms with Crippen molar-refractivity contribution < 1.29 is 9.90 Å². The molecule has 17 heavy (non-hydrogen) atoms. The van der Waals surface area contributed by atoms with Gasteiger partial charge in [-0.15, -0.1) is 0 Å². The monoisotopic (exact) mass is 236 g/mol. The molecule has 1 aromatic heterocycles. The molecule has 2 N–H and O–H groups in total. The third-order valence-electron chi connectivity index (χ3n) is 3.14. The smallest absolute Gasteiger partial charge is 0.268 e. The first-order valence-electron chi connectivity index (χ1n) is 6.14. The zero-order chi connectivity index (χ0) is 12.5. The van der Waals surface area contributed by atoms with Crippen molar-refractivity contribution in [1.82, 2.24) is 9.88 Å². The molecule has 94 valence electrons. The average Bonchev–Trinajstić information content (AvgIpc) is 2.95. The van der Waals surface area contributed by atoms with Gasteiger partial charge >= 0.3 is 0 Å². The summed E-state index contributed by atoms with van der Waals surface area (Å²) in [6, 6.07) is 4.27. The molecule has 0 aliphatic heterocycles. The molecule has 0 atom stereocenters. The molecule has 0 aromatic carbocycles. The molecule has 4 heteroatoms. The van der Waals surface area contributed by atoms with Gasteiger partial charge in [0.05, 0.1) is 0 Å². The zero-order valence-corrected chi connectivity index (χ0v) is 10.4. The first-order valence-corrected chi connectivity index (χ1v) is 6.14. The third kappa shape index (κ3) is 2.88. The van der Waals surface area contributed by atoms with E-state index >= 15 is 0 Å². The largest absolute Gasteiger partial charge is 0.396 e. The van der Waals surface area contributed by atoms with Crippen LogP contribution >= 0.6 is 0 Å². The summed E-state index contributed by atoms with van der Waals surface area (Å²) < 4.78 is 2.05. The van der Waals surface area contributed by atoms with Crippen molar-refractivity contribution in [2.45, 2.75) is 44.7 Å². The highest BCUT2D eigenvalue weighted by Crippen LogP contribution is 2.36. The molecule has 0 saturated heterocycles. The lowest BCUT2D eigenvalue weighted by Crippen LogP contribution is -2.44. The highest BCUT2D eigenvalue weighted by molar-refractivity contribution is 5.93. The standard InChI is InChI=1S/C13H20N2O2/c1-13(2,7-9-16)14-12(17)11-4-3-8-15(11)10-5-6-10/h3-4,8,10,16H,5-7,9H2,1-2H3,(H,14,17). The summed E-state index contributed by atoms with van der Waals surface area (Å²) in [6.45, 7) is 3.92. The van der Waals surface area contributed by atoms with E-state index in [-0.39, 0.29) is 18.1 Å². The van der Waals surface area contributed by atoms with Gasteiger partial charge < -0.3 is 15.0 Å². The van der Waals surface area contributed by atoms with E-state index in [1.54, 1.807) is 0 Å². The molecule has 1 amide bonds. The van der Waals surface area contributed by atoms with Crippen molar-refractivity contribution in [2.75, 3.05) is 6.61 Å². The van der Waals surface area contributed by atoms with Gasteiger partial charge in [0.25, 0.3) is 5.91 Å². The molecule has 1 fully saturated rings. The Labute approximate surface area is 102 Å². The minimum atomic E-state index is -0.371. The number of amides is 1. The first-order chi connectivity index (χ1) is 8.03. The fourth-order valence-electron chi connectivity index (χ4n) is 1.97. The van der Waals surface area contributed by atoms with Crippen LogP contribution in [0.25, 0.3) is 0 Å². The number of nitrogens with zero attached hydrogens (tertiary/aromatic N) is 1. The number of rotatable bonds is 5. The van der Waals surface area contributed by atoms with Crippen molar-refractivity contribution in [3.8, 4) is 0 Å². The molecule has 0 unspecified atom stereocenters. The third-order valence-corrected chi connectivity index (χ3v) is 3.14. The van der Waals surface area contributed by atoms with E-state index < -0.39 is 0 Å². The van der Waals surface area contributed by atoms with Crippen molar-refractivity contribution in [2.24, 2.45) is 0 Å². The summed E-state index contributed by atoms with van der Waals surface area (Å²) in [7, 11) is 0. The van der Waals surface area contributed by atoms with E-state index in [1.165, 1.54) is 0 Å². The summed E-state index contributed by atoms with van der Waals surface area (Å²) in [4.78, 5) is 12.1. The van der Waals surface area contributed by atoms with Gasteiger partial charge in [0.2, 0.25) is 0 Å². The highest BCUT2D eigenvalue weighted by Gasteiger charge is 2.28. The summed E-state index contributed by atoms with van der Waals surface area (Å²) >= 11 is 0. The lowest BCUT2D eigenvalue weighted by Gasteiger charge is -2.25. The highest BCUT2D eigenvalue weighted by atomic mass is 16.3. The molecule has 4 nitrogen and oxygen atoms in total. The van der Waals surface area contributed by atoms with Crippen LogP contribution in [0, 0.1) is 0 Å². The lowest BCUT2D eigenvalue weighted by molar-refractivity contribution is 0.0889. The zero-order valence-electron chi connectivity index (χ0n) is 10.4. The fraction of sp³-hybridized carbons (Fsp3) is 0.615. The SMILES string of the molecule is CC(C)(CCO)NC(=O)c1cccn1C1CC1. The number of aliphatic hydroxyl groups excluding tert-OH is 1. The second-order valence-electron chi connectivity index (χ2n) is 5.34. The van der Waals surface area contributed by atoms with E-state index in [1.807, 2.05) is 36.7 Å². The minimum Gasteiger partial charge on any atom is -0.396 e. The summed E-state index contributed by atoms with van der Waals surface area (Å²) in [5.74, 6) is -0.0552. The van der Waals surface area contributed by atoms with Gasteiger partial charge in [-0.2, -0.15) is 0 Å². The van der Waals surface area contributed by atoms with Gasteiger partial charge in [-0.1, -0.05) is 0 Å². The molecule has 0 spiro atoms. The van der Waals surface area contributed by atoms with Crippen LogP contribution in [0.4, 0.5) is 0 Å². The first kappa shape index (κ1) is 12.2. The van der Waals surface area contributed by atoms with Gasteiger partial charge in [-0.25, -0.2) is 0 Å². The van der Waals surface area contributed by atoms with Crippen molar-refractivity contribution in [3.05, 3.63) is 24.0 Å². The van der Waals surface area contributed by atoms with Gasteiger partial charge in [0, 0.05) is 24.4 Å². The van der Waals surface area contributed by atoms with Crippen LogP contribution in [-0.2, 0) is 0 Å². The van der Waals surface area contributed by atoms with Crippen molar-refractivity contribution >= 4 is 5.91 Å². The maximum absolute atomic E-state index is 12.1. The number of hydrogen-bond donors (Lipinski definition) is 2. The van der Waals surface area contributed by atoms with Crippen LogP contribution in [0.1, 0.15) is 49.6 Å². The van der Waals surface area contributed by atoms with Gasteiger partial charge in [0.1, 0.15) is 5.69 Å². The predicted molar refractivity (Wildman–Crippen MR) is 66.0 cm³/mol. The maximum atomic E-state index is 12.1. The van der Waals surface area contributed by atoms with Crippen LogP contribution < -0.4 is 5.32 Å². The topological polar surface area (TPSA) is 54.3 Å². The molecular formula is C13H20N2O2. The molecule has 1 aromatic rings. The molecule has 2 rings (SSSR count). The predicted octanol–water partition coefficient (Wildman–Crippen LogP) is 1.71. The summed E-state index contributed by atoms with van der Waals surface area (Å²) in [5.41, 5.74) is 0.350. The van der Waals surface area contributed by atoms with E-state index in [4.69, 9.17) is 5.11 Å².